The smallest absolute Gasteiger partial charge is 0.190 e. The Morgan fingerprint density at radius 1 is 1.12 bits per heavy atom. The van der Waals surface area contributed by atoms with Gasteiger partial charge in [0.05, 0.1) is 13.2 Å². The number of hydrogen-bond donors (Lipinski definition) is 2. The summed E-state index contributed by atoms with van der Waals surface area (Å²) in [5.74, 6) is 1.76. The summed E-state index contributed by atoms with van der Waals surface area (Å²) in [5, 5.41) is 6.73. The van der Waals surface area contributed by atoms with E-state index in [9.17, 15) is 0 Å². The number of unbranched alkanes of at least 4 members (excludes halogenated alkanes) is 1. The molecule has 0 spiro atoms. The van der Waals surface area contributed by atoms with Gasteiger partial charge in [-0.1, -0.05) is 0 Å². The molecule has 0 atom stereocenters. The van der Waals surface area contributed by atoms with Crippen molar-refractivity contribution in [1.82, 2.24) is 15.5 Å². The van der Waals surface area contributed by atoms with Crippen molar-refractivity contribution in [2.24, 2.45) is 10.9 Å². The highest BCUT2D eigenvalue weighted by Crippen LogP contribution is 2.28. The molecule has 0 amide bonds. The molecule has 2 rings (SSSR count). The van der Waals surface area contributed by atoms with Crippen molar-refractivity contribution >= 4 is 29.9 Å². The molecule has 2 aliphatic rings. The second-order valence-corrected chi connectivity index (χ2v) is 6.46. The van der Waals surface area contributed by atoms with Gasteiger partial charge in [0.15, 0.2) is 5.96 Å². The van der Waals surface area contributed by atoms with Crippen LogP contribution in [-0.4, -0.2) is 77.1 Å². The minimum Gasteiger partial charge on any atom is -0.381 e. The van der Waals surface area contributed by atoms with Crippen LogP contribution in [0, 0.1) is 5.92 Å². The quantitative estimate of drug-likeness (QED) is 0.216. The van der Waals surface area contributed by atoms with Gasteiger partial charge >= 0.3 is 0 Å². The largest absolute Gasteiger partial charge is 0.381 e. The van der Waals surface area contributed by atoms with Crippen LogP contribution in [0.2, 0.25) is 0 Å². The Labute approximate surface area is 164 Å². The van der Waals surface area contributed by atoms with Crippen LogP contribution in [0.1, 0.15) is 32.1 Å². The Hall–Kier alpha value is -0.120. The van der Waals surface area contributed by atoms with Gasteiger partial charge in [0.25, 0.3) is 0 Å². The molecular formula is C17H35IN4O2. The van der Waals surface area contributed by atoms with E-state index in [1.54, 1.807) is 0 Å². The minimum atomic E-state index is 0. The first-order chi connectivity index (χ1) is 11.4. The summed E-state index contributed by atoms with van der Waals surface area (Å²) in [6.45, 7) is 8.81. The fourth-order valence-electron chi connectivity index (χ4n) is 2.63. The van der Waals surface area contributed by atoms with E-state index in [1.807, 2.05) is 7.05 Å². The fraction of sp³-hybridized carbons (Fsp3) is 0.941. The maximum atomic E-state index is 5.63. The monoisotopic (exact) mass is 454 g/mol. The predicted molar refractivity (Wildman–Crippen MR) is 109 cm³/mol. The van der Waals surface area contributed by atoms with Crippen LogP contribution in [0.15, 0.2) is 4.99 Å². The van der Waals surface area contributed by atoms with E-state index in [4.69, 9.17) is 9.47 Å². The van der Waals surface area contributed by atoms with Gasteiger partial charge in [-0.25, -0.2) is 0 Å². The standard InChI is InChI=1S/C17H34N4O2.HI/c1-18-17(20-8-4-12-23-15-16-5-6-16)19-7-2-3-9-21-10-13-22-14-11-21;/h16H,2-15H2,1H3,(H2,18,19,20);1H. The second kappa shape index (κ2) is 14.1. The molecule has 1 aliphatic carbocycles. The van der Waals surface area contributed by atoms with Gasteiger partial charge in [0, 0.05) is 46.4 Å². The fourth-order valence-corrected chi connectivity index (χ4v) is 2.63. The highest BCUT2D eigenvalue weighted by Gasteiger charge is 2.20. The van der Waals surface area contributed by atoms with Crippen molar-refractivity contribution in [2.75, 3.05) is 66.2 Å². The lowest BCUT2D eigenvalue weighted by molar-refractivity contribution is 0.0372. The van der Waals surface area contributed by atoms with Gasteiger partial charge in [-0.2, -0.15) is 0 Å². The second-order valence-electron chi connectivity index (χ2n) is 6.46. The molecule has 0 radical (unpaired) electrons. The Balaban J connectivity index is 0.00000288. The van der Waals surface area contributed by atoms with Crippen molar-refractivity contribution in [2.45, 2.75) is 32.1 Å². The molecule has 2 fully saturated rings. The highest BCUT2D eigenvalue weighted by molar-refractivity contribution is 14.0. The van der Waals surface area contributed by atoms with Gasteiger partial charge in [0.1, 0.15) is 0 Å². The summed E-state index contributed by atoms with van der Waals surface area (Å²) in [7, 11) is 1.83. The average Bonchev–Trinajstić information content (AvgIpc) is 3.41. The SMILES string of the molecule is CN=C(NCCCCN1CCOCC1)NCCCOCC1CC1.I. The number of aliphatic imine (C=N–C) groups is 1. The zero-order chi connectivity index (χ0) is 16.2. The molecule has 0 aromatic rings. The normalized spacial score (nSPS) is 19.0. The van der Waals surface area contributed by atoms with E-state index in [1.165, 1.54) is 32.2 Å². The Morgan fingerprint density at radius 3 is 2.50 bits per heavy atom. The number of morpholine rings is 1. The number of halogens is 1. The predicted octanol–water partition coefficient (Wildman–Crippen LogP) is 1.70. The van der Waals surface area contributed by atoms with Crippen LogP contribution in [0.25, 0.3) is 0 Å². The number of guanidine groups is 1. The van der Waals surface area contributed by atoms with E-state index in [-0.39, 0.29) is 24.0 Å². The van der Waals surface area contributed by atoms with Crippen molar-refractivity contribution < 1.29 is 9.47 Å². The van der Waals surface area contributed by atoms with Gasteiger partial charge in [0.2, 0.25) is 0 Å². The Bertz CT molecular complexity index is 335. The van der Waals surface area contributed by atoms with E-state index in [2.05, 4.69) is 20.5 Å². The summed E-state index contributed by atoms with van der Waals surface area (Å²) in [6, 6.07) is 0. The minimum absolute atomic E-state index is 0. The third kappa shape index (κ3) is 10.7. The molecule has 1 saturated carbocycles. The summed E-state index contributed by atoms with van der Waals surface area (Å²) in [6.07, 6.45) is 6.15. The molecule has 0 unspecified atom stereocenters. The highest BCUT2D eigenvalue weighted by atomic mass is 127. The van der Waals surface area contributed by atoms with Crippen LogP contribution in [0.4, 0.5) is 0 Å². The topological polar surface area (TPSA) is 58.1 Å². The molecule has 1 heterocycles. The summed E-state index contributed by atoms with van der Waals surface area (Å²) < 4.78 is 11.0. The van der Waals surface area contributed by atoms with Crippen LogP contribution in [-0.2, 0) is 9.47 Å². The molecule has 2 N–H and O–H groups in total. The number of nitrogens with zero attached hydrogens (tertiary/aromatic N) is 2. The van der Waals surface area contributed by atoms with Gasteiger partial charge in [-0.3, -0.25) is 9.89 Å². The van der Waals surface area contributed by atoms with E-state index >= 15 is 0 Å². The molecule has 6 nitrogen and oxygen atoms in total. The van der Waals surface area contributed by atoms with Gasteiger partial charge in [-0.15, -0.1) is 24.0 Å². The maximum absolute atomic E-state index is 5.63. The lowest BCUT2D eigenvalue weighted by Crippen LogP contribution is -2.39. The molecule has 24 heavy (non-hydrogen) atoms. The number of rotatable bonds is 11. The Kier molecular flexibility index (Phi) is 12.9. The maximum Gasteiger partial charge on any atom is 0.190 e. The van der Waals surface area contributed by atoms with Crippen molar-refractivity contribution in [1.29, 1.82) is 0 Å². The first-order valence-corrected chi connectivity index (χ1v) is 9.21. The number of hydrogen-bond acceptors (Lipinski definition) is 4. The Morgan fingerprint density at radius 2 is 1.83 bits per heavy atom. The summed E-state index contributed by atoms with van der Waals surface area (Å²) >= 11 is 0. The third-order valence-electron chi connectivity index (χ3n) is 4.33. The summed E-state index contributed by atoms with van der Waals surface area (Å²) in [4.78, 5) is 6.74. The van der Waals surface area contributed by atoms with Crippen molar-refractivity contribution in [3.05, 3.63) is 0 Å². The molecule has 0 aromatic carbocycles. The molecule has 0 bridgehead atoms. The molecular weight excluding hydrogens is 419 g/mol. The van der Waals surface area contributed by atoms with E-state index in [0.29, 0.717) is 0 Å². The lowest BCUT2D eigenvalue weighted by Gasteiger charge is -2.26. The van der Waals surface area contributed by atoms with Gasteiger partial charge < -0.3 is 20.1 Å². The first kappa shape index (κ1) is 21.9. The lowest BCUT2D eigenvalue weighted by atomic mass is 10.3. The molecule has 0 aromatic heterocycles. The molecule has 1 aliphatic heterocycles. The zero-order valence-electron chi connectivity index (χ0n) is 15.1. The average molecular weight is 454 g/mol. The number of nitrogens with one attached hydrogen (secondary N) is 2. The summed E-state index contributed by atoms with van der Waals surface area (Å²) in [5.41, 5.74) is 0. The first-order valence-electron chi connectivity index (χ1n) is 9.21. The van der Waals surface area contributed by atoms with E-state index in [0.717, 1.165) is 70.9 Å². The van der Waals surface area contributed by atoms with Crippen LogP contribution < -0.4 is 10.6 Å². The van der Waals surface area contributed by atoms with Crippen LogP contribution in [0.5, 0.6) is 0 Å². The van der Waals surface area contributed by atoms with Crippen molar-refractivity contribution in [3.63, 3.8) is 0 Å². The number of ether oxygens (including phenoxy) is 2. The van der Waals surface area contributed by atoms with Crippen LogP contribution >= 0.6 is 24.0 Å². The molecule has 7 heteroatoms. The third-order valence-corrected chi connectivity index (χ3v) is 4.33. The molecule has 142 valence electrons. The van der Waals surface area contributed by atoms with Gasteiger partial charge in [-0.05, 0) is 44.6 Å². The van der Waals surface area contributed by atoms with Crippen molar-refractivity contribution in [3.8, 4) is 0 Å². The van der Waals surface area contributed by atoms with Crippen LogP contribution in [0.3, 0.4) is 0 Å². The zero-order valence-corrected chi connectivity index (χ0v) is 17.4. The molecule has 1 saturated heterocycles. The van der Waals surface area contributed by atoms with E-state index < -0.39 is 0 Å².